The maximum atomic E-state index is 13.0. The molecule has 1 fully saturated rings. The van der Waals surface area contributed by atoms with Crippen molar-refractivity contribution >= 4 is 5.91 Å². The Morgan fingerprint density at radius 2 is 0.939 bits per heavy atom. The van der Waals surface area contributed by atoms with Gasteiger partial charge in [-0.3, -0.25) is 4.79 Å². The van der Waals surface area contributed by atoms with Crippen LogP contribution in [-0.4, -0.2) is 87.5 Å². The Hall–Kier alpha value is -1.85. The molecule has 1 saturated heterocycles. The summed E-state index contributed by atoms with van der Waals surface area (Å²) in [6, 6.07) is -0.714. The number of carbonyl (C=O) groups excluding carboxylic acids is 1. The van der Waals surface area contributed by atoms with Crippen LogP contribution in [-0.2, 0) is 14.3 Å². The number of aliphatic hydroxyl groups excluding tert-OH is 5. The van der Waals surface area contributed by atoms with Gasteiger partial charge in [0.2, 0.25) is 5.91 Å². The van der Waals surface area contributed by atoms with E-state index in [4.69, 9.17) is 9.47 Å². The largest absolute Gasteiger partial charge is 0.394 e. The van der Waals surface area contributed by atoms with Gasteiger partial charge in [-0.25, -0.2) is 0 Å². The Labute approximate surface area is 405 Å². The number of ether oxygens (including phenoxy) is 2. The molecule has 0 saturated carbocycles. The maximum absolute atomic E-state index is 13.0. The number of hydrogen-bond donors (Lipinski definition) is 6. The van der Waals surface area contributed by atoms with E-state index >= 15 is 0 Å². The van der Waals surface area contributed by atoms with Gasteiger partial charge in [0.05, 0.1) is 25.4 Å². The van der Waals surface area contributed by atoms with Crippen molar-refractivity contribution in [3.8, 4) is 0 Å². The fraction of sp³-hybridized carbons (Fsp3) is 0.842. The highest BCUT2D eigenvalue weighted by atomic mass is 16.7. The first kappa shape index (κ1) is 62.2. The molecule has 0 bridgehead atoms. The Morgan fingerprint density at radius 1 is 0.530 bits per heavy atom. The van der Waals surface area contributed by atoms with Gasteiger partial charge in [-0.2, -0.15) is 0 Å². The minimum atomic E-state index is -1.55. The maximum Gasteiger partial charge on any atom is 0.220 e. The summed E-state index contributed by atoms with van der Waals surface area (Å²) in [5.74, 6) is -0.145. The third kappa shape index (κ3) is 36.2. The van der Waals surface area contributed by atoms with Gasteiger partial charge in [-0.05, 0) is 51.4 Å². The SMILES string of the molecule is CC/C=C\C/C=C\C/C=C\C/C=C\CCCCCCCCCCCCCCCCCCCCCCCCC(=O)NC(COC1OC(CO)C(O)C(O)C1O)C(O)CCCCCCCCCC. The number of allylic oxidation sites excluding steroid dienone is 8. The molecule has 66 heavy (non-hydrogen) atoms. The van der Waals surface area contributed by atoms with Crippen LogP contribution in [0.4, 0.5) is 0 Å². The summed E-state index contributed by atoms with van der Waals surface area (Å²) < 4.78 is 11.2. The van der Waals surface area contributed by atoms with E-state index in [9.17, 15) is 30.3 Å². The highest BCUT2D eigenvalue weighted by Gasteiger charge is 2.44. The summed E-state index contributed by atoms with van der Waals surface area (Å²) in [7, 11) is 0. The zero-order chi connectivity index (χ0) is 48.0. The number of rotatable bonds is 47. The quantitative estimate of drug-likeness (QED) is 0.0261. The topological polar surface area (TPSA) is 149 Å². The second kappa shape index (κ2) is 46.9. The molecule has 0 aliphatic carbocycles. The van der Waals surface area contributed by atoms with Crippen molar-refractivity contribution in [2.24, 2.45) is 0 Å². The van der Waals surface area contributed by atoms with Crippen LogP contribution in [0.2, 0.25) is 0 Å². The minimum absolute atomic E-state index is 0.136. The Kier molecular flexibility index (Phi) is 44.1. The molecule has 1 aliphatic rings. The fourth-order valence-corrected chi connectivity index (χ4v) is 8.80. The predicted octanol–water partition coefficient (Wildman–Crippen LogP) is 13.3. The average Bonchev–Trinajstić information content (AvgIpc) is 3.32. The van der Waals surface area contributed by atoms with Crippen molar-refractivity contribution < 1.29 is 39.8 Å². The molecule has 0 aromatic carbocycles. The van der Waals surface area contributed by atoms with Gasteiger partial charge in [-0.1, -0.05) is 242 Å². The first-order valence-electron chi connectivity index (χ1n) is 27.8. The van der Waals surface area contributed by atoms with Gasteiger partial charge in [0.15, 0.2) is 6.29 Å². The molecule has 1 aliphatic heterocycles. The predicted molar refractivity (Wildman–Crippen MR) is 276 cm³/mol. The number of hydrogen-bond acceptors (Lipinski definition) is 8. The highest BCUT2D eigenvalue weighted by molar-refractivity contribution is 5.76. The van der Waals surface area contributed by atoms with Crippen LogP contribution in [0.15, 0.2) is 48.6 Å². The number of amides is 1. The first-order valence-corrected chi connectivity index (χ1v) is 27.8. The minimum Gasteiger partial charge on any atom is -0.394 e. The molecule has 0 spiro atoms. The monoisotopic (exact) mass is 932 g/mol. The van der Waals surface area contributed by atoms with Crippen LogP contribution < -0.4 is 5.32 Å². The van der Waals surface area contributed by atoms with E-state index in [1.165, 1.54) is 161 Å². The summed E-state index contributed by atoms with van der Waals surface area (Å²) in [4.78, 5) is 13.0. The van der Waals surface area contributed by atoms with Gasteiger partial charge in [0.1, 0.15) is 24.4 Å². The second-order valence-electron chi connectivity index (χ2n) is 19.4. The third-order valence-corrected chi connectivity index (χ3v) is 13.2. The molecule has 9 nitrogen and oxygen atoms in total. The van der Waals surface area contributed by atoms with Gasteiger partial charge in [-0.15, -0.1) is 0 Å². The van der Waals surface area contributed by atoms with Crippen LogP contribution >= 0.6 is 0 Å². The normalized spacial score (nSPS) is 20.1. The van der Waals surface area contributed by atoms with E-state index in [1.807, 2.05) is 0 Å². The first-order chi connectivity index (χ1) is 32.3. The molecule has 0 aromatic rings. The Balaban J connectivity index is 2.02. The lowest BCUT2D eigenvalue weighted by molar-refractivity contribution is -0.302. The molecule has 7 unspecified atom stereocenters. The van der Waals surface area contributed by atoms with E-state index in [0.717, 1.165) is 64.2 Å². The zero-order valence-electron chi connectivity index (χ0n) is 42.7. The van der Waals surface area contributed by atoms with Gasteiger partial charge >= 0.3 is 0 Å². The van der Waals surface area contributed by atoms with Crippen LogP contribution in [0.1, 0.15) is 251 Å². The van der Waals surface area contributed by atoms with Crippen molar-refractivity contribution in [2.75, 3.05) is 13.2 Å². The van der Waals surface area contributed by atoms with E-state index in [0.29, 0.717) is 12.8 Å². The number of aliphatic hydroxyl groups is 5. The van der Waals surface area contributed by atoms with Gasteiger partial charge in [0.25, 0.3) is 0 Å². The van der Waals surface area contributed by atoms with E-state index in [1.54, 1.807) is 0 Å². The van der Waals surface area contributed by atoms with Gasteiger partial charge in [0, 0.05) is 6.42 Å². The smallest absolute Gasteiger partial charge is 0.220 e. The van der Waals surface area contributed by atoms with Crippen LogP contribution in [0.3, 0.4) is 0 Å². The standard InChI is InChI=1S/C57H105NO8/c1-3-5-7-9-11-13-14-15-16-17-18-19-20-21-22-23-24-25-26-27-28-29-30-31-32-33-34-35-36-37-38-39-41-43-45-47-53(61)58-50(51(60)46-44-42-40-12-10-8-6-4-2)49-65-57-56(64)55(63)54(62)52(48-59)66-57/h5,7,11,13,15-16,18-19,50-52,54-57,59-60,62-64H,3-4,6,8-10,12,14,17,20-49H2,1-2H3,(H,58,61)/b7-5-,13-11-,16-15-,19-18-. The number of nitrogens with one attached hydrogen (secondary N) is 1. The van der Waals surface area contributed by atoms with E-state index in [-0.39, 0.29) is 12.5 Å². The van der Waals surface area contributed by atoms with E-state index in [2.05, 4.69) is 67.8 Å². The molecule has 0 radical (unpaired) electrons. The lowest BCUT2D eigenvalue weighted by Gasteiger charge is -2.40. The summed E-state index contributed by atoms with van der Waals surface area (Å²) in [5.41, 5.74) is 0. The second-order valence-corrected chi connectivity index (χ2v) is 19.4. The summed E-state index contributed by atoms with van der Waals surface area (Å²) >= 11 is 0. The fourth-order valence-electron chi connectivity index (χ4n) is 8.80. The van der Waals surface area contributed by atoms with Crippen molar-refractivity contribution in [2.45, 2.75) is 294 Å². The molecule has 1 rings (SSSR count). The number of unbranched alkanes of at least 4 members (excludes halogenated alkanes) is 29. The third-order valence-electron chi connectivity index (χ3n) is 13.2. The van der Waals surface area contributed by atoms with Crippen LogP contribution in [0, 0.1) is 0 Å². The van der Waals surface area contributed by atoms with Crippen molar-refractivity contribution in [3.63, 3.8) is 0 Å². The lowest BCUT2D eigenvalue weighted by Crippen LogP contribution is -2.60. The Morgan fingerprint density at radius 3 is 1.39 bits per heavy atom. The average molecular weight is 932 g/mol. The number of carbonyl (C=O) groups is 1. The zero-order valence-corrected chi connectivity index (χ0v) is 42.7. The molecule has 1 heterocycles. The van der Waals surface area contributed by atoms with Crippen LogP contribution in [0.25, 0.3) is 0 Å². The summed E-state index contributed by atoms with van der Waals surface area (Å²) in [6.45, 7) is 3.69. The van der Waals surface area contributed by atoms with Crippen LogP contribution in [0.5, 0.6) is 0 Å². The molecule has 386 valence electrons. The summed E-state index contributed by atoms with van der Waals surface area (Å²) in [6.07, 6.45) is 54.7. The molecule has 6 N–H and O–H groups in total. The van der Waals surface area contributed by atoms with E-state index < -0.39 is 49.5 Å². The Bertz CT molecular complexity index is 1170. The molecular weight excluding hydrogens is 827 g/mol. The van der Waals surface area contributed by atoms with Crippen molar-refractivity contribution in [3.05, 3.63) is 48.6 Å². The molecular formula is C57H105NO8. The highest BCUT2D eigenvalue weighted by Crippen LogP contribution is 2.23. The lowest BCUT2D eigenvalue weighted by atomic mass is 9.99. The van der Waals surface area contributed by atoms with Crippen molar-refractivity contribution in [1.29, 1.82) is 0 Å². The van der Waals surface area contributed by atoms with Crippen molar-refractivity contribution in [1.82, 2.24) is 5.32 Å². The molecule has 9 heteroatoms. The summed E-state index contributed by atoms with van der Waals surface area (Å²) in [5, 5.41) is 54.3. The molecule has 7 atom stereocenters. The molecule has 0 aromatic heterocycles. The molecule has 1 amide bonds. The van der Waals surface area contributed by atoms with Gasteiger partial charge < -0.3 is 40.3 Å².